The Kier molecular flexibility index (Phi) is 3.22. The molecule has 1 amide bonds. The van der Waals surface area contributed by atoms with Gasteiger partial charge < -0.3 is 16.4 Å². The van der Waals surface area contributed by atoms with E-state index in [-0.39, 0.29) is 0 Å². The largest absolute Gasteiger partial charge is 0.397 e. The van der Waals surface area contributed by atoms with Crippen molar-refractivity contribution < 1.29 is 4.79 Å². The van der Waals surface area contributed by atoms with E-state index in [1.807, 2.05) is 6.07 Å². The summed E-state index contributed by atoms with van der Waals surface area (Å²) >= 11 is 0. The zero-order valence-corrected chi connectivity index (χ0v) is 10.1. The maximum Gasteiger partial charge on any atom is 0.250 e. The Morgan fingerprint density at radius 1 is 1.53 bits per heavy atom. The van der Waals surface area contributed by atoms with E-state index in [0.29, 0.717) is 17.3 Å². The second-order valence-corrected chi connectivity index (χ2v) is 4.51. The highest BCUT2D eigenvalue weighted by molar-refractivity contribution is 6.01. The number of rotatable bonds is 3. The lowest BCUT2D eigenvalue weighted by atomic mass is 10.1. The van der Waals surface area contributed by atoms with Crippen molar-refractivity contribution in [3.8, 4) is 0 Å². The van der Waals surface area contributed by atoms with Gasteiger partial charge in [-0.2, -0.15) is 0 Å². The fourth-order valence-corrected chi connectivity index (χ4v) is 2.64. The zero-order chi connectivity index (χ0) is 12.4. The highest BCUT2D eigenvalue weighted by Gasteiger charge is 2.27. The molecule has 0 bridgehead atoms. The van der Waals surface area contributed by atoms with Crippen LogP contribution in [-0.2, 0) is 0 Å². The lowest BCUT2D eigenvalue weighted by Crippen LogP contribution is -2.31. The molecule has 2 rings (SSSR count). The molecule has 1 fully saturated rings. The number of nitrogen functional groups attached to an aromatic ring is 1. The molecule has 92 valence electrons. The number of anilines is 2. The summed E-state index contributed by atoms with van der Waals surface area (Å²) in [6.45, 7) is 3.11. The molecule has 0 aromatic heterocycles. The molecule has 1 saturated heterocycles. The van der Waals surface area contributed by atoms with Crippen LogP contribution >= 0.6 is 0 Å². The number of carbonyl (C=O) groups excluding carboxylic acids is 1. The molecule has 4 heteroatoms. The van der Waals surface area contributed by atoms with E-state index in [1.54, 1.807) is 12.1 Å². The second kappa shape index (κ2) is 4.65. The van der Waals surface area contributed by atoms with Crippen LogP contribution in [-0.4, -0.2) is 18.5 Å². The molecular formula is C13H19N3O. The van der Waals surface area contributed by atoms with Crippen LogP contribution in [0.15, 0.2) is 18.2 Å². The van der Waals surface area contributed by atoms with E-state index in [4.69, 9.17) is 11.5 Å². The summed E-state index contributed by atoms with van der Waals surface area (Å²) in [6.07, 6.45) is 3.36. The van der Waals surface area contributed by atoms with E-state index in [2.05, 4.69) is 11.8 Å². The standard InChI is InChI=1S/C13H19N3O/c1-2-9-5-4-8-16(9)12-10(13(15)17)6-3-7-11(12)14/h3,6-7,9H,2,4-5,8,14H2,1H3,(H2,15,17). The normalized spacial score (nSPS) is 19.6. The molecule has 17 heavy (non-hydrogen) atoms. The summed E-state index contributed by atoms with van der Waals surface area (Å²) in [5.74, 6) is -0.408. The van der Waals surface area contributed by atoms with Gasteiger partial charge in [-0.15, -0.1) is 0 Å². The Morgan fingerprint density at radius 2 is 2.29 bits per heavy atom. The fourth-order valence-electron chi connectivity index (χ4n) is 2.64. The molecule has 4 nitrogen and oxygen atoms in total. The Labute approximate surface area is 102 Å². The molecule has 0 spiro atoms. The van der Waals surface area contributed by atoms with Crippen LogP contribution in [0.2, 0.25) is 0 Å². The number of nitrogens with zero attached hydrogens (tertiary/aromatic N) is 1. The Hall–Kier alpha value is -1.71. The van der Waals surface area contributed by atoms with Crippen molar-refractivity contribution in [3.05, 3.63) is 23.8 Å². The number of carbonyl (C=O) groups is 1. The Balaban J connectivity index is 2.46. The van der Waals surface area contributed by atoms with Crippen LogP contribution in [0, 0.1) is 0 Å². The molecule has 1 aromatic rings. The van der Waals surface area contributed by atoms with Crippen LogP contribution in [0.1, 0.15) is 36.5 Å². The third-order valence-corrected chi connectivity index (χ3v) is 3.47. The topological polar surface area (TPSA) is 72.3 Å². The summed E-state index contributed by atoms with van der Waals surface area (Å²) in [6, 6.07) is 5.82. The molecule has 1 heterocycles. The third-order valence-electron chi connectivity index (χ3n) is 3.47. The van der Waals surface area contributed by atoms with Gasteiger partial charge >= 0.3 is 0 Å². The maximum absolute atomic E-state index is 11.5. The van der Waals surface area contributed by atoms with Gasteiger partial charge in [-0.25, -0.2) is 0 Å². The van der Waals surface area contributed by atoms with Crippen molar-refractivity contribution in [2.75, 3.05) is 17.2 Å². The average molecular weight is 233 g/mol. The Morgan fingerprint density at radius 3 is 2.94 bits per heavy atom. The van der Waals surface area contributed by atoms with Gasteiger partial charge in [-0.05, 0) is 31.4 Å². The summed E-state index contributed by atoms with van der Waals surface area (Å²) in [4.78, 5) is 13.7. The number of benzene rings is 1. The van der Waals surface area contributed by atoms with Crippen molar-refractivity contribution in [1.82, 2.24) is 0 Å². The van der Waals surface area contributed by atoms with E-state index in [9.17, 15) is 4.79 Å². The van der Waals surface area contributed by atoms with Crippen molar-refractivity contribution in [1.29, 1.82) is 0 Å². The van der Waals surface area contributed by atoms with Crippen LogP contribution < -0.4 is 16.4 Å². The quantitative estimate of drug-likeness (QED) is 0.781. The first kappa shape index (κ1) is 11.8. The monoisotopic (exact) mass is 233 g/mol. The van der Waals surface area contributed by atoms with Crippen LogP contribution in [0.5, 0.6) is 0 Å². The van der Waals surface area contributed by atoms with Gasteiger partial charge in [-0.1, -0.05) is 13.0 Å². The minimum Gasteiger partial charge on any atom is -0.397 e. The molecule has 0 saturated carbocycles. The average Bonchev–Trinajstić information content (AvgIpc) is 2.76. The molecule has 1 aliphatic heterocycles. The van der Waals surface area contributed by atoms with Crippen molar-refractivity contribution in [3.63, 3.8) is 0 Å². The third kappa shape index (κ3) is 2.07. The lowest BCUT2D eigenvalue weighted by Gasteiger charge is -2.28. The molecule has 1 aliphatic rings. The highest BCUT2D eigenvalue weighted by Crippen LogP contribution is 2.34. The first-order valence-corrected chi connectivity index (χ1v) is 6.10. The molecule has 1 unspecified atom stereocenters. The SMILES string of the molecule is CCC1CCCN1c1c(N)cccc1C(N)=O. The van der Waals surface area contributed by atoms with E-state index < -0.39 is 5.91 Å². The molecular weight excluding hydrogens is 214 g/mol. The minimum absolute atomic E-state index is 0.408. The van der Waals surface area contributed by atoms with Crippen LogP contribution in [0.4, 0.5) is 11.4 Å². The van der Waals surface area contributed by atoms with E-state index in [1.165, 1.54) is 0 Å². The van der Waals surface area contributed by atoms with Gasteiger partial charge in [0.1, 0.15) is 0 Å². The number of hydrogen-bond acceptors (Lipinski definition) is 3. The number of amides is 1. The number of nitrogens with two attached hydrogens (primary N) is 2. The molecule has 1 atom stereocenters. The van der Waals surface area contributed by atoms with Gasteiger partial charge in [0.2, 0.25) is 0 Å². The predicted molar refractivity (Wildman–Crippen MR) is 70.0 cm³/mol. The Bertz CT molecular complexity index is 431. The highest BCUT2D eigenvalue weighted by atomic mass is 16.1. The fraction of sp³-hybridized carbons (Fsp3) is 0.462. The van der Waals surface area contributed by atoms with Gasteiger partial charge in [0.25, 0.3) is 5.91 Å². The van der Waals surface area contributed by atoms with E-state index >= 15 is 0 Å². The van der Waals surface area contributed by atoms with Gasteiger partial charge in [-0.3, -0.25) is 4.79 Å². The first-order valence-electron chi connectivity index (χ1n) is 6.10. The summed E-state index contributed by atoms with van der Waals surface area (Å²) in [5.41, 5.74) is 13.4. The van der Waals surface area contributed by atoms with E-state index in [0.717, 1.165) is 31.5 Å². The predicted octanol–water partition coefficient (Wildman–Crippen LogP) is 1.75. The van der Waals surface area contributed by atoms with Crippen LogP contribution in [0.25, 0.3) is 0 Å². The van der Waals surface area contributed by atoms with Gasteiger partial charge in [0, 0.05) is 12.6 Å². The number of primary amides is 1. The zero-order valence-electron chi connectivity index (χ0n) is 10.1. The lowest BCUT2D eigenvalue weighted by molar-refractivity contribution is 0.100. The summed E-state index contributed by atoms with van der Waals surface area (Å²) in [7, 11) is 0. The van der Waals surface area contributed by atoms with Gasteiger partial charge in [0.15, 0.2) is 0 Å². The molecule has 1 aromatic carbocycles. The van der Waals surface area contributed by atoms with Crippen LogP contribution in [0.3, 0.4) is 0 Å². The van der Waals surface area contributed by atoms with Crippen molar-refractivity contribution in [2.24, 2.45) is 5.73 Å². The van der Waals surface area contributed by atoms with Crippen molar-refractivity contribution in [2.45, 2.75) is 32.2 Å². The molecule has 4 N–H and O–H groups in total. The smallest absolute Gasteiger partial charge is 0.250 e. The second-order valence-electron chi connectivity index (χ2n) is 4.51. The summed E-state index contributed by atoms with van der Waals surface area (Å²) < 4.78 is 0. The summed E-state index contributed by atoms with van der Waals surface area (Å²) in [5, 5.41) is 0. The first-order chi connectivity index (χ1) is 8.15. The maximum atomic E-state index is 11.5. The van der Waals surface area contributed by atoms with Gasteiger partial charge in [0.05, 0.1) is 16.9 Å². The number of para-hydroxylation sites is 1. The minimum atomic E-state index is -0.408. The molecule has 0 radical (unpaired) electrons. The van der Waals surface area contributed by atoms with Crippen molar-refractivity contribution >= 4 is 17.3 Å². The number of hydrogen-bond donors (Lipinski definition) is 2. The molecule has 0 aliphatic carbocycles.